The van der Waals surface area contributed by atoms with Gasteiger partial charge in [0.15, 0.2) is 22.9 Å². The normalized spacial score (nSPS) is 22.1. The van der Waals surface area contributed by atoms with E-state index in [2.05, 4.69) is 60.7 Å². The van der Waals surface area contributed by atoms with Crippen LogP contribution in [0, 0.1) is 0 Å². The molecule has 1 saturated carbocycles. The first-order chi connectivity index (χ1) is 16.9. The SMILES string of the molecule is c1ccc(C2C(c3ccccc3)C(c3nc4ccccc4o3)C2c2nc3ccccc3o2)cc1. The lowest BCUT2D eigenvalue weighted by Gasteiger charge is -2.49. The standard InChI is InChI=1S/C30H22N2O2/c1-3-11-19(12-4-1)25-26(20-13-5-2-6-14-20)28(30-32-22-16-8-10-18-24(22)34-30)27(25)29-31-21-15-7-9-17-23(21)33-29/h1-18,25-28H. The van der Waals surface area contributed by atoms with Crippen molar-refractivity contribution < 1.29 is 8.83 Å². The lowest BCUT2D eigenvalue weighted by Crippen LogP contribution is -2.40. The molecular weight excluding hydrogens is 420 g/mol. The van der Waals surface area contributed by atoms with Crippen LogP contribution in [0.4, 0.5) is 0 Å². The smallest absolute Gasteiger partial charge is 0.200 e. The number of oxazole rings is 2. The average molecular weight is 443 g/mol. The highest BCUT2D eigenvalue weighted by molar-refractivity contribution is 5.73. The van der Waals surface area contributed by atoms with Crippen LogP contribution in [-0.4, -0.2) is 9.97 Å². The van der Waals surface area contributed by atoms with E-state index in [0.717, 1.165) is 34.0 Å². The molecule has 4 atom stereocenters. The molecule has 1 fully saturated rings. The van der Waals surface area contributed by atoms with E-state index in [4.69, 9.17) is 18.8 Å². The van der Waals surface area contributed by atoms with Crippen molar-refractivity contribution in [2.24, 2.45) is 0 Å². The number of hydrogen-bond donors (Lipinski definition) is 0. The van der Waals surface area contributed by atoms with Crippen LogP contribution in [0.25, 0.3) is 22.2 Å². The number of aromatic nitrogens is 2. The van der Waals surface area contributed by atoms with Gasteiger partial charge >= 0.3 is 0 Å². The molecular formula is C30H22N2O2. The van der Waals surface area contributed by atoms with Gasteiger partial charge in [-0.1, -0.05) is 84.9 Å². The van der Waals surface area contributed by atoms with Crippen molar-refractivity contribution in [3.05, 3.63) is 132 Å². The highest BCUT2D eigenvalue weighted by Crippen LogP contribution is 2.66. The third-order valence-corrected chi connectivity index (χ3v) is 7.11. The molecule has 164 valence electrons. The Kier molecular flexibility index (Phi) is 4.37. The molecule has 2 heterocycles. The van der Waals surface area contributed by atoms with E-state index in [-0.39, 0.29) is 23.7 Å². The Labute approximate surface area is 196 Å². The molecule has 4 unspecified atom stereocenters. The number of benzene rings is 4. The zero-order valence-electron chi connectivity index (χ0n) is 18.4. The second-order valence-electron chi connectivity index (χ2n) is 8.96. The summed E-state index contributed by atoms with van der Waals surface area (Å²) in [4.78, 5) is 9.86. The average Bonchev–Trinajstić information content (AvgIpc) is 3.48. The van der Waals surface area contributed by atoms with Crippen molar-refractivity contribution in [3.63, 3.8) is 0 Å². The molecule has 0 radical (unpaired) electrons. The van der Waals surface area contributed by atoms with Gasteiger partial charge in [0, 0.05) is 11.8 Å². The quantitative estimate of drug-likeness (QED) is 0.285. The van der Waals surface area contributed by atoms with Crippen LogP contribution in [-0.2, 0) is 0 Å². The number of nitrogens with zero attached hydrogens (tertiary/aromatic N) is 2. The number of para-hydroxylation sites is 4. The largest absolute Gasteiger partial charge is 0.440 e. The summed E-state index contributed by atoms with van der Waals surface area (Å²) in [6, 6.07) is 37.3. The minimum atomic E-state index is 0.00747. The number of rotatable bonds is 4. The minimum Gasteiger partial charge on any atom is -0.440 e. The Balaban J connectivity index is 1.44. The molecule has 4 heteroatoms. The Morgan fingerprint density at radius 3 is 1.21 bits per heavy atom. The van der Waals surface area contributed by atoms with Crippen LogP contribution in [0.5, 0.6) is 0 Å². The van der Waals surface area contributed by atoms with Gasteiger partial charge in [0.1, 0.15) is 11.0 Å². The summed E-state index contributed by atoms with van der Waals surface area (Å²) in [6.07, 6.45) is 0. The van der Waals surface area contributed by atoms with E-state index in [9.17, 15) is 0 Å². The van der Waals surface area contributed by atoms with Gasteiger partial charge in [-0.2, -0.15) is 0 Å². The van der Waals surface area contributed by atoms with Gasteiger partial charge in [0.25, 0.3) is 0 Å². The monoisotopic (exact) mass is 442 g/mol. The lowest BCUT2D eigenvalue weighted by molar-refractivity contribution is 0.171. The van der Waals surface area contributed by atoms with Gasteiger partial charge < -0.3 is 8.83 Å². The molecule has 0 N–H and O–H groups in total. The minimum absolute atomic E-state index is 0.00747. The molecule has 0 bridgehead atoms. The summed E-state index contributed by atoms with van der Waals surface area (Å²) in [7, 11) is 0. The molecule has 1 aliphatic rings. The van der Waals surface area contributed by atoms with Crippen LogP contribution >= 0.6 is 0 Å². The first kappa shape index (κ1) is 19.3. The third-order valence-electron chi connectivity index (χ3n) is 7.11. The Morgan fingerprint density at radius 1 is 0.412 bits per heavy atom. The topological polar surface area (TPSA) is 52.1 Å². The maximum absolute atomic E-state index is 6.35. The maximum Gasteiger partial charge on any atom is 0.200 e. The Bertz CT molecular complexity index is 1400. The van der Waals surface area contributed by atoms with Crippen LogP contribution in [0.2, 0.25) is 0 Å². The van der Waals surface area contributed by atoms with Gasteiger partial charge in [0.05, 0.1) is 11.8 Å². The summed E-state index contributed by atoms with van der Waals surface area (Å²) in [6.45, 7) is 0. The van der Waals surface area contributed by atoms with Gasteiger partial charge in [-0.05, 0) is 35.4 Å². The second kappa shape index (κ2) is 7.70. The lowest BCUT2D eigenvalue weighted by atomic mass is 9.52. The predicted octanol–water partition coefficient (Wildman–Crippen LogP) is 7.42. The summed E-state index contributed by atoms with van der Waals surface area (Å²) in [5.41, 5.74) is 5.92. The molecule has 1 aliphatic carbocycles. The molecule has 6 aromatic rings. The van der Waals surface area contributed by atoms with E-state index >= 15 is 0 Å². The predicted molar refractivity (Wildman–Crippen MR) is 132 cm³/mol. The third kappa shape index (κ3) is 2.99. The number of fused-ring (bicyclic) bond motifs is 2. The summed E-state index contributed by atoms with van der Waals surface area (Å²) < 4.78 is 12.7. The second-order valence-corrected chi connectivity index (χ2v) is 8.96. The molecule has 0 aliphatic heterocycles. The molecule has 2 aromatic heterocycles. The van der Waals surface area contributed by atoms with Gasteiger partial charge in [-0.3, -0.25) is 0 Å². The Hall–Kier alpha value is -4.18. The summed E-state index contributed by atoms with van der Waals surface area (Å²) in [5, 5.41) is 0. The Morgan fingerprint density at radius 2 is 0.794 bits per heavy atom. The molecule has 0 saturated heterocycles. The van der Waals surface area contributed by atoms with Crippen molar-refractivity contribution in [1.29, 1.82) is 0 Å². The van der Waals surface area contributed by atoms with E-state index in [1.807, 2.05) is 48.5 Å². The summed E-state index contributed by atoms with van der Waals surface area (Å²) in [5.74, 6) is 1.89. The first-order valence-electron chi connectivity index (χ1n) is 11.7. The van der Waals surface area contributed by atoms with Crippen LogP contribution in [0.1, 0.15) is 46.6 Å². The van der Waals surface area contributed by atoms with Gasteiger partial charge in [-0.25, -0.2) is 9.97 Å². The van der Waals surface area contributed by atoms with E-state index in [1.54, 1.807) is 0 Å². The molecule has 0 spiro atoms. The molecule has 4 aromatic carbocycles. The van der Waals surface area contributed by atoms with Crippen LogP contribution in [0.3, 0.4) is 0 Å². The van der Waals surface area contributed by atoms with Crippen molar-refractivity contribution in [2.75, 3.05) is 0 Å². The van der Waals surface area contributed by atoms with Crippen LogP contribution in [0.15, 0.2) is 118 Å². The highest BCUT2D eigenvalue weighted by atomic mass is 16.4. The molecule has 0 amide bonds. The fourth-order valence-electron chi connectivity index (χ4n) is 5.61. The molecule has 34 heavy (non-hydrogen) atoms. The van der Waals surface area contributed by atoms with Crippen molar-refractivity contribution >= 4 is 22.2 Å². The fraction of sp³-hybridized carbons (Fsp3) is 0.133. The zero-order chi connectivity index (χ0) is 22.5. The van der Waals surface area contributed by atoms with Crippen molar-refractivity contribution in [1.82, 2.24) is 9.97 Å². The highest BCUT2D eigenvalue weighted by Gasteiger charge is 2.57. The van der Waals surface area contributed by atoms with E-state index in [0.29, 0.717) is 0 Å². The van der Waals surface area contributed by atoms with Gasteiger partial charge in [0.2, 0.25) is 0 Å². The first-order valence-corrected chi connectivity index (χ1v) is 11.7. The van der Waals surface area contributed by atoms with Crippen LogP contribution < -0.4 is 0 Å². The maximum atomic E-state index is 6.35. The summed E-state index contributed by atoms with van der Waals surface area (Å²) >= 11 is 0. The van der Waals surface area contributed by atoms with E-state index < -0.39 is 0 Å². The van der Waals surface area contributed by atoms with Crippen molar-refractivity contribution in [2.45, 2.75) is 23.7 Å². The fourth-order valence-corrected chi connectivity index (χ4v) is 5.61. The molecule has 7 rings (SSSR count). The zero-order valence-corrected chi connectivity index (χ0v) is 18.4. The number of hydrogen-bond acceptors (Lipinski definition) is 4. The van der Waals surface area contributed by atoms with Crippen molar-refractivity contribution in [3.8, 4) is 0 Å². The van der Waals surface area contributed by atoms with E-state index in [1.165, 1.54) is 11.1 Å². The van der Waals surface area contributed by atoms with Gasteiger partial charge in [-0.15, -0.1) is 0 Å². The molecule has 4 nitrogen and oxygen atoms in total.